The molecule has 0 saturated heterocycles. The van der Waals surface area contributed by atoms with Crippen molar-refractivity contribution in [3.63, 3.8) is 0 Å². The molecule has 0 spiro atoms. The highest BCUT2D eigenvalue weighted by Gasteiger charge is 2.12. The Morgan fingerprint density at radius 2 is 1.88 bits per heavy atom. The standard InChI is InChI=1S/C22H27N3.H2/c1-14(2)13-25(6)17(5)18-10-11-19-20(12-18)24-22(23-19)21-15(3)8-7-9-16(21)4;/h7-12,14H,5,13H2,1-4,6H3,(H,23,24);1H. The summed E-state index contributed by atoms with van der Waals surface area (Å²) in [5, 5.41) is 0. The van der Waals surface area contributed by atoms with Crippen LogP contribution in [0.5, 0.6) is 0 Å². The lowest BCUT2D eigenvalue weighted by Crippen LogP contribution is -2.21. The number of aromatic amines is 1. The van der Waals surface area contributed by atoms with E-state index in [2.05, 4.69) is 87.6 Å². The zero-order valence-electron chi connectivity index (χ0n) is 15.9. The SMILES string of the molecule is C=C(c1ccc2nc(-c3c(C)cccc3C)[nH]c2c1)N(C)CC(C)C.[HH]. The van der Waals surface area contributed by atoms with Gasteiger partial charge < -0.3 is 9.88 Å². The second-order valence-electron chi connectivity index (χ2n) is 7.31. The fourth-order valence-corrected chi connectivity index (χ4v) is 3.37. The van der Waals surface area contributed by atoms with Crippen LogP contribution >= 0.6 is 0 Å². The average molecular weight is 335 g/mol. The van der Waals surface area contributed by atoms with Crippen LogP contribution in [0.3, 0.4) is 0 Å². The lowest BCUT2D eigenvalue weighted by Gasteiger charge is -2.23. The summed E-state index contributed by atoms with van der Waals surface area (Å²) >= 11 is 0. The van der Waals surface area contributed by atoms with E-state index in [1.165, 1.54) is 16.7 Å². The van der Waals surface area contributed by atoms with Gasteiger partial charge in [-0.1, -0.05) is 44.7 Å². The predicted octanol–water partition coefficient (Wildman–Crippen LogP) is 5.65. The number of H-pyrrole nitrogens is 1. The van der Waals surface area contributed by atoms with Crippen LogP contribution in [0, 0.1) is 19.8 Å². The predicted molar refractivity (Wildman–Crippen MR) is 110 cm³/mol. The number of aromatic nitrogens is 2. The van der Waals surface area contributed by atoms with Crippen molar-refractivity contribution in [1.29, 1.82) is 0 Å². The van der Waals surface area contributed by atoms with Gasteiger partial charge >= 0.3 is 0 Å². The highest BCUT2D eigenvalue weighted by Crippen LogP contribution is 2.28. The molecular formula is C22H29N3. The summed E-state index contributed by atoms with van der Waals surface area (Å²) in [6, 6.07) is 12.7. The van der Waals surface area contributed by atoms with Crippen molar-refractivity contribution < 1.29 is 1.43 Å². The van der Waals surface area contributed by atoms with Crippen molar-refractivity contribution in [2.24, 2.45) is 5.92 Å². The largest absolute Gasteiger partial charge is 0.374 e. The van der Waals surface area contributed by atoms with Crippen LogP contribution in [0.25, 0.3) is 28.1 Å². The number of nitrogens with one attached hydrogen (secondary N) is 1. The molecule has 0 fully saturated rings. The molecule has 0 radical (unpaired) electrons. The summed E-state index contributed by atoms with van der Waals surface area (Å²) in [4.78, 5) is 10.5. The average Bonchev–Trinajstić information content (AvgIpc) is 2.95. The number of hydrogen-bond acceptors (Lipinski definition) is 2. The molecule has 0 atom stereocenters. The molecule has 0 amide bonds. The third-order valence-corrected chi connectivity index (χ3v) is 4.63. The molecule has 0 aliphatic heterocycles. The fraction of sp³-hybridized carbons (Fsp3) is 0.318. The van der Waals surface area contributed by atoms with Gasteiger partial charge in [-0.25, -0.2) is 4.98 Å². The maximum absolute atomic E-state index is 4.80. The summed E-state index contributed by atoms with van der Waals surface area (Å²) in [6.45, 7) is 14.0. The molecular weight excluding hydrogens is 306 g/mol. The van der Waals surface area contributed by atoms with Crippen LogP contribution in [0.15, 0.2) is 43.0 Å². The van der Waals surface area contributed by atoms with Crippen molar-refractivity contribution in [2.75, 3.05) is 13.6 Å². The van der Waals surface area contributed by atoms with Gasteiger partial charge in [0.25, 0.3) is 0 Å². The summed E-state index contributed by atoms with van der Waals surface area (Å²) in [5.41, 5.74) is 7.87. The molecule has 1 aromatic heterocycles. The van der Waals surface area contributed by atoms with Crippen molar-refractivity contribution >= 4 is 16.7 Å². The van der Waals surface area contributed by atoms with Gasteiger partial charge in [0.15, 0.2) is 0 Å². The Labute approximate surface area is 151 Å². The fourth-order valence-electron chi connectivity index (χ4n) is 3.37. The zero-order chi connectivity index (χ0) is 18.1. The minimum atomic E-state index is 0. The van der Waals surface area contributed by atoms with Crippen LogP contribution in [0.4, 0.5) is 0 Å². The van der Waals surface area contributed by atoms with Crippen LogP contribution < -0.4 is 0 Å². The highest BCUT2D eigenvalue weighted by atomic mass is 15.1. The number of aryl methyl sites for hydroxylation is 2. The van der Waals surface area contributed by atoms with Gasteiger partial charge in [-0.2, -0.15) is 0 Å². The third kappa shape index (κ3) is 3.46. The Bertz CT molecular complexity index is 904. The molecule has 0 aliphatic rings. The van der Waals surface area contributed by atoms with Gasteiger partial charge in [0.2, 0.25) is 0 Å². The summed E-state index contributed by atoms with van der Waals surface area (Å²) in [5.74, 6) is 1.54. The number of fused-ring (bicyclic) bond motifs is 1. The van der Waals surface area contributed by atoms with E-state index in [9.17, 15) is 0 Å². The first-order valence-electron chi connectivity index (χ1n) is 8.83. The van der Waals surface area contributed by atoms with Gasteiger partial charge in [0.05, 0.1) is 11.0 Å². The highest BCUT2D eigenvalue weighted by molar-refractivity contribution is 5.84. The van der Waals surface area contributed by atoms with Gasteiger partial charge in [-0.3, -0.25) is 0 Å². The molecule has 0 unspecified atom stereocenters. The molecule has 1 N–H and O–H groups in total. The number of benzene rings is 2. The Kier molecular flexibility index (Phi) is 4.67. The first kappa shape index (κ1) is 17.3. The molecule has 2 aromatic carbocycles. The Balaban J connectivity index is 0.00000243. The van der Waals surface area contributed by atoms with Crippen molar-refractivity contribution in [3.8, 4) is 11.4 Å². The van der Waals surface area contributed by atoms with Crippen LogP contribution in [0.1, 0.15) is 32.0 Å². The molecule has 3 nitrogen and oxygen atoms in total. The summed E-state index contributed by atoms with van der Waals surface area (Å²) < 4.78 is 0. The molecule has 25 heavy (non-hydrogen) atoms. The quantitative estimate of drug-likeness (QED) is 0.653. The minimum Gasteiger partial charge on any atom is -0.374 e. The molecule has 0 bridgehead atoms. The maximum Gasteiger partial charge on any atom is 0.139 e. The minimum absolute atomic E-state index is 0. The van der Waals surface area contributed by atoms with E-state index in [1.807, 2.05) is 0 Å². The van der Waals surface area contributed by atoms with E-state index in [-0.39, 0.29) is 1.43 Å². The maximum atomic E-state index is 4.80. The van der Waals surface area contributed by atoms with E-state index in [4.69, 9.17) is 4.98 Å². The van der Waals surface area contributed by atoms with Crippen molar-refractivity contribution in [2.45, 2.75) is 27.7 Å². The van der Waals surface area contributed by atoms with Gasteiger partial charge in [-0.05, 0) is 48.6 Å². The van der Waals surface area contributed by atoms with E-state index >= 15 is 0 Å². The molecule has 3 heteroatoms. The zero-order valence-corrected chi connectivity index (χ0v) is 15.9. The molecule has 132 valence electrons. The molecule has 3 aromatic rings. The summed E-state index contributed by atoms with van der Waals surface area (Å²) in [6.07, 6.45) is 0. The topological polar surface area (TPSA) is 31.9 Å². The first-order valence-corrected chi connectivity index (χ1v) is 8.83. The van der Waals surface area contributed by atoms with E-state index in [1.54, 1.807) is 0 Å². The molecule has 3 rings (SSSR count). The number of imidazole rings is 1. The second-order valence-corrected chi connectivity index (χ2v) is 7.31. The Hall–Kier alpha value is -2.55. The lowest BCUT2D eigenvalue weighted by molar-refractivity contribution is 0.408. The van der Waals surface area contributed by atoms with E-state index in [0.717, 1.165) is 34.7 Å². The Morgan fingerprint density at radius 3 is 2.52 bits per heavy atom. The Morgan fingerprint density at radius 1 is 1.20 bits per heavy atom. The van der Waals surface area contributed by atoms with E-state index < -0.39 is 0 Å². The van der Waals surface area contributed by atoms with E-state index in [0.29, 0.717) is 5.92 Å². The number of hydrogen-bond donors (Lipinski definition) is 1. The van der Waals surface area contributed by atoms with Crippen molar-refractivity contribution in [3.05, 3.63) is 59.7 Å². The monoisotopic (exact) mass is 335 g/mol. The summed E-state index contributed by atoms with van der Waals surface area (Å²) in [7, 11) is 2.10. The first-order chi connectivity index (χ1) is 11.9. The smallest absolute Gasteiger partial charge is 0.139 e. The van der Waals surface area contributed by atoms with Crippen LogP contribution in [-0.4, -0.2) is 28.5 Å². The molecule has 0 aliphatic carbocycles. The van der Waals surface area contributed by atoms with Gasteiger partial charge in [0.1, 0.15) is 5.82 Å². The number of nitrogens with zero attached hydrogens (tertiary/aromatic N) is 2. The number of rotatable bonds is 5. The normalized spacial score (nSPS) is 11.3. The third-order valence-electron chi connectivity index (χ3n) is 4.63. The van der Waals surface area contributed by atoms with Crippen LogP contribution in [-0.2, 0) is 0 Å². The lowest BCUT2D eigenvalue weighted by atomic mass is 10.0. The van der Waals surface area contributed by atoms with Crippen LogP contribution in [0.2, 0.25) is 0 Å². The van der Waals surface area contributed by atoms with Crippen molar-refractivity contribution in [1.82, 2.24) is 14.9 Å². The second kappa shape index (κ2) is 6.75. The molecule has 0 saturated carbocycles. The molecule has 1 heterocycles. The van der Waals surface area contributed by atoms with Gasteiger partial charge in [0, 0.05) is 26.3 Å². The van der Waals surface area contributed by atoms with Gasteiger partial charge in [-0.15, -0.1) is 0 Å².